The summed E-state index contributed by atoms with van der Waals surface area (Å²) in [5.74, 6) is -0.448. The molecule has 142 valence electrons. The van der Waals surface area contributed by atoms with Crippen molar-refractivity contribution in [2.24, 2.45) is 0 Å². The summed E-state index contributed by atoms with van der Waals surface area (Å²) in [7, 11) is 0. The van der Waals surface area contributed by atoms with E-state index in [4.69, 9.17) is 11.6 Å². The molecule has 1 aromatic heterocycles. The van der Waals surface area contributed by atoms with Crippen LogP contribution < -0.4 is 5.32 Å². The molecule has 0 saturated heterocycles. The Bertz CT molecular complexity index is 1140. The van der Waals surface area contributed by atoms with Crippen LogP contribution in [0.1, 0.15) is 30.1 Å². The van der Waals surface area contributed by atoms with E-state index >= 15 is 0 Å². The van der Waals surface area contributed by atoms with Gasteiger partial charge in [0.05, 0.1) is 12.0 Å². The molecule has 3 aromatic carbocycles. The summed E-state index contributed by atoms with van der Waals surface area (Å²) in [6.07, 6.45) is -0.724. The normalized spacial score (nSPS) is 13.5. The second-order valence-corrected chi connectivity index (χ2v) is 7.45. The number of aliphatic hydroxyl groups is 1. The molecule has 4 aromatic rings. The number of H-pyrrole nitrogens is 1. The minimum atomic E-state index is -0.724. The lowest BCUT2D eigenvalue weighted by molar-refractivity contribution is -0.122. The largest absolute Gasteiger partial charge is 0.387 e. The number of fused-ring (bicyclic) bond motifs is 3. The molecule has 0 radical (unpaired) electrons. The molecule has 3 N–H and O–H groups in total. The number of carbonyl (C=O) groups is 1. The molecule has 0 aliphatic rings. The van der Waals surface area contributed by atoms with E-state index < -0.39 is 6.10 Å². The smallest absolute Gasteiger partial charge is 0.227 e. The first-order valence-corrected chi connectivity index (χ1v) is 9.62. The minimum Gasteiger partial charge on any atom is -0.387 e. The topological polar surface area (TPSA) is 65.1 Å². The summed E-state index contributed by atoms with van der Waals surface area (Å²) in [6.45, 7) is 2.05. The van der Waals surface area contributed by atoms with E-state index in [0.29, 0.717) is 5.02 Å². The molecule has 5 heteroatoms. The second kappa shape index (κ2) is 7.66. The van der Waals surface area contributed by atoms with Crippen molar-refractivity contribution in [3.8, 4) is 0 Å². The summed E-state index contributed by atoms with van der Waals surface area (Å²) < 4.78 is 0. The fraction of sp³-hybridized carbons (Fsp3) is 0.174. The van der Waals surface area contributed by atoms with Gasteiger partial charge in [0.1, 0.15) is 0 Å². The van der Waals surface area contributed by atoms with Crippen LogP contribution in [0.2, 0.25) is 5.02 Å². The highest BCUT2D eigenvalue weighted by molar-refractivity contribution is 6.31. The Morgan fingerprint density at radius 2 is 1.79 bits per heavy atom. The third-order valence-corrected chi connectivity index (χ3v) is 5.37. The van der Waals surface area contributed by atoms with Crippen molar-refractivity contribution in [1.82, 2.24) is 10.3 Å². The molecule has 0 fully saturated rings. The van der Waals surface area contributed by atoms with Crippen LogP contribution >= 0.6 is 11.6 Å². The van der Waals surface area contributed by atoms with Crippen molar-refractivity contribution in [2.75, 3.05) is 6.54 Å². The Hall–Kier alpha value is -2.82. The maximum atomic E-state index is 12.6. The van der Waals surface area contributed by atoms with Gasteiger partial charge in [0.2, 0.25) is 5.91 Å². The average Bonchev–Trinajstić information content (AvgIpc) is 3.08. The number of hydrogen-bond donors (Lipinski definition) is 3. The number of aromatic nitrogens is 1. The number of halogens is 1. The van der Waals surface area contributed by atoms with E-state index in [-0.39, 0.29) is 18.4 Å². The first-order chi connectivity index (χ1) is 13.5. The van der Waals surface area contributed by atoms with Gasteiger partial charge in [0.25, 0.3) is 0 Å². The van der Waals surface area contributed by atoms with Gasteiger partial charge in [-0.05, 0) is 42.3 Å². The lowest BCUT2D eigenvalue weighted by Crippen LogP contribution is -2.31. The average molecular weight is 393 g/mol. The minimum absolute atomic E-state index is 0.117. The molecule has 0 unspecified atom stereocenters. The molecule has 0 bridgehead atoms. The van der Waals surface area contributed by atoms with Crippen LogP contribution in [0.4, 0.5) is 0 Å². The maximum absolute atomic E-state index is 12.6. The van der Waals surface area contributed by atoms with E-state index in [2.05, 4.69) is 10.3 Å². The van der Waals surface area contributed by atoms with Gasteiger partial charge in [-0.15, -0.1) is 0 Å². The van der Waals surface area contributed by atoms with E-state index in [0.717, 1.165) is 32.9 Å². The van der Waals surface area contributed by atoms with Crippen molar-refractivity contribution >= 4 is 39.3 Å². The van der Waals surface area contributed by atoms with E-state index in [1.807, 2.05) is 73.7 Å². The van der Waals surface area contributed by atoms with E-state index in [9.17, 15) is 9.90 Å². The van der Waals surface area contributed by atoms with Crippen molar-refractivity contribution in [1.29, 1.82) is 0 Å². The Labute approximate surface area is 168 Å². The number of hydrogen-bond acceptors (Lipinski definition) is 2. The van der Waals surface area contributed by atoms with Crippen LogP contribution in [0.25, 0.3) is 21.8 Å². The highest BCUT2D eigenvalue weighted by atomic mass is 35.5. The standard InChI is InChI=1S/C23H21ClN2O2/c1-14(23(28)25-13-22(27)15-5-3-2-4-6-15)16-7-9-18-19-12-17(24)8-10-20(19)26-21(18)11-16/h2-12,14,22,26-27H,13H2,1H3,(H,25,28)/t14-,22+/m0/s1. The predicted octanol–water partition coefficient (Wildman–Crippen LogP) is 4.93. The van der Waals surface area contributed by atoms with Crippen molar-refractivity contribution in [2.45, 2.75) is 18.9 Å². The number of aromatic amines is 1. The van der Waals surface area contributed by atoms with Gasteiger partial charge in [-0.1, -0.05) is 54.1 Å². The van der Waals surface area contributed by atoms with Gasteiger partial charge in [0.15, 0.2) is 0 Å². The maximum Gasteiger partial charge on any atom is 0.227 e. The zero-order valence-electron chi connectivity index (χ0n) is 15.4. The first-order valence-electron chi connectivity index (χ1n) is 9.24. The molecule has 0 aliphatic carbocycles. The van der Waals surface area contributed by atoms with Crippen LogP contribution in [-0.4, -0.2) is 22.5 Å². The number of nitrogens with one attached hydrogen (secondary N) is 2. The Kier molecular flexibility index (Phi) is 5.07. The summed E-state index contributed by atoms with van der Waals surface area (Å²) in [5.41, 5.74) is 3.68. The SMILES string of the molecule is C[C@H](C(=O)NC[C@@H](O)c1ccccc1)c1ccc2c(c1)[nH]c1ccc(Cl)cc12. The summed E-state index contributed by atoms with van der Waals surface area (Å²) in [5, 5.41) is 15.9. The quantitative estimate of drug-likeness (QED) is 0.451. The van der Waals surface area contributed by atoms with Gasteiger partial charge < -0.3 is 15.4 Å². The summed E-state index contributed by atoms with van der Waals surface area (Å²) in [6, 6.07) is 21.1. The lowest BCUT2D eigenvalue weighted by Gasteiger charge is -2.16. The van der Waals surface area contributed by atoms with Crippen molar-refractivity contribution in [3.63, 3.8) is 0 Å². The molecule has 1 amide bonds. The van der Waals surface area contributed by atoms with Gasteiger partial charge in [-0.2, -0.15) is 0 Å². The third kappa shape index (κ3) is 3.61. The van der Waals surface area contributed by atoms with Crippen LogP contribution in [0.5, 0.6) is 0 Å². The molecule has 0 spiro atoms. The van der Waals surface area contributed by atoms with Gasteiger partial charge in [-0.3, -0.25) is 4.79 Å². The molecular formula is C23H21ClN2O2. The molecule has 28 heavy (non-hydrogen) atoms. The third-order valence-electron chi connectivity index (χ3n) is 5.13. The highest BCUT2D eigenvalue weighted by Crippen LogP contribution is 2.30. The van der Waals surface area contributed by atoms with Crippen LogP contribution in [0, 0.1) is 0 Å². The zero-order chi connectivity index (χ0) is 19.7. The first kappa shape index (κ1) is 18.5. The molecule has 4 nitrogen and oxygen atoms in total. The fourth-order valence-corrected chi connectivity index (χ4v) is 3.63. The van der Waals surface area contributed by atoms with Crippen LogP contribution in [-0.2, 0) is 4.79 Å². The number of rotatable bonds is 5. The lowest BCUT2D eigenvalue weighted by atomic mass is 9.98. The number of amides is 1. The second-order valence-electron chi connectivity index (χ2n) is 7.01. The summed E-state index contributed by atoms with van der Waals surface area (Å²) >= 11 is 6.12. The van der Waals surface area contributed by atoms with Crippen LogP contribution in [0.15, 0.2) is 66.7 Å². The number of benzene rings is 3. The number of aliphatic hydroxyl groups excluding tert-OH is 1. The number of carbonyl (C=O) groups excluding carboxylic acids is 1. The van der Waals surface area contributed by atoms with E-state index in [1.165, 1.54) is 0 Å². The van der Waals surface area contributed by atoms with Gasteiger partial charge in [0, 0.05) is 33.4 Å². The molecule has 2 atom stereocenters. The molecular weight excluding hydrogens is 372 g/mol. The monoisotopic (exact) mass is 392 g/mol. The zero-order valence-corrected chi connectivity index (χ0v) is 16.2. The van der Waals surface area contributed by atoms with Gasteiger partial charge in [-0.25, -0.2) is 0 Å². The molecule has 4 rings (SSSR count). The van der Waals surface area contributed by atoms with Crippen molar-refractivity contribution < 1.29 is 9.90 Å². The Morgan fingerprint density at radius 1 is 1.00 bits per heavy atom. The molecule has 0 saturated carbocycles. The molecule has 0 aliphatic heterocycles. The Balaban J connectivity index is 1.50. The van der Waals surface area contributed by atoms with Crippen LogP contribution in [0.3, 0.4) is 0 Å². The molecule has 1 heterocycles. The highest BCUT2D eigenvalue weighted by Gasteiger charge is 2.18. The Morgan fingerprint density at radius 3 is 2.57 bits per heavy atom. The van der Waals surface area contributed by atoms with Crippen molar-refractivity contribution in [3.05, 3.63) is 82.9 Å². The fourth-order valence-electron chi connectivity index (χ4n) is 3.46. The van der Waals surface area contributed by atoms with Gasteiger partial charge >= 0.3 is 0 Å². The predicted molar refractivity (Wildman–Crippen MR) is 114 cm³/mol. The van der Waals surface area contributed by atoms with E-state index in [1.54, 1.807) is 0 Å². The summed E-state index contributed by atoms with van der Waals surface area (Å²) in [4.78, 5) is 16.0.